The van der Waals surface area contributed by atoms with Crippen molar-refractivity contribution < 1.29 is 19.2 Å². The van der Waals surface area contributed by atoms with E-state index >= 15 is 0 Å². The Morgan fingerprint density at radius 2 is 2.07 bits per heavy atom. The lowest BCUT2D eigenvalue weighted by molar-refractivity contribution is -0.386. The molecule has 2 aromatic carbocycles. The van der Waals surface area contributed by atoms with Crippen LogP contribution < -0.4 is 25.4 Å². The summed E-state index contributed by atoms with van der Waals surface area (Å²) < 4.78 is 10.7. The first kappa shape index (κ1) is 18.4. The van der Waals surface area contributed by atoms with E-state index in [9.17, 15) is 14.9 Å². The number of carbonyl (C=O) groups is 1. The number of fused-ring (bicyclic) bond motifs is 3. The summed E-state index contributed by atoms with van der Waals surface area (Å²) >= 11 is 1.36. The van der Waals surface area contributed by atoms with Gasteiger partial charge in [0, 0.05) is 5.22 Å². The fourth-order valence-electron chi connectivity index (χ4n) is 3.54. The van der Waals surface area contributed by atoms with Crippen molar-refractivity contribution in [3.63, 3.8) is 0 Å². The number of hydrogen-bond donors (Lipinski definition) is 1. The molecule has 0 spiro atoms. The van der Waals surface area contributed by atoms with Gasteiger partial charge < -0.3 is 9.47 Å². The average Bonchev–Trinajstić information content (AvgIpc) is 3.19. The summed E-state index contributed by atoms with van der Waals surface area (Å²) in [5.74, 6) is 1.05. The third-order valence-electron chi connectivity index (χ3n) is 4.79. The van der Waals surface area contributed by atoms with Crippen LogP contribution in [0.3, 0.4) is 0 Å². The summed E-state index contributed by atoms with van der Waals surface area (Å²) in [6.45, 7) is 1.92. The van der Waals surface area contributed by atoms with Crippen molar-refractivity contribution in [2.75, 3.05) is 12.5 Å². The first-order chi connectivity index (χ1) is 14.6. The van der Waals surface area contributed by atoms with E-state index in [0.29, 0.717) is 33.0 Å². The van der Waals surface area contributed by atoms with Crippen LogP contribution >= 0.6 is 11.8 Å². The minimum absolute atomic E-state index is 0.0144. The molecule has 2 aromatic rings. The summed E-state index contributed by atoms with van der Waals surface area (Å²) in [4.78, 5) is 29.0. The molecule has 0 aromatic heterocycles. The Balaban J connectivity index is 1.77. The van der Waals surface area contributed by atoms with E-state index < -0.39 is 11.1 Å². The first-order valence-electron chi connectivity index (χ1n) is 9.14. The molecule has 3 aliphatic rings. The van der Waals surface area contributed by atoms with E-state index in [1.807, 2.05) is 6.92 Å². The van der Waals surface area contributed by atoms with Gasteiger partial charge in [-0.05, 0) is 17.9 Å². The largest absolute Gasteiger partial charge is 0.454 e. The van der Waals surface area contributed by atoms with E-state index in [1.54, 1.807) is 24.3 Å². The lowest BCUT2D eigenvalue weighted by Gasteiger charge is -2.33. The van der Waals surface area contributed by atoms with Crippen LogP contribution in [0.2, 0.25) is 0 Å². The maximum Gasteiger partial charge on any atom is 0.280 e. The highest BCUT2D eigenvalue weighted by molar-refractivity contribution is 8.13. The minimum Gasteiger partial charge on any atom is -0.454 e. The lowest BCUT2D eigenvalue weighted by Crippen LogP contribution is -2.50. The van der Waals surface area contributed by atoms with Gasteiger partial charge in [-0.25, -0.2) is 5.01 Å². The molecule has 10 nitrogen and oxygen atoms in total. The first-order valence-corrected chi connectivity index (χ1v) is 10.1. The van der Waals surface area contributed by atoms with Crippen LogP contribution in [0.5, 0.6) is 11.5 Å². The number of thioether (sulfide) groups is 1. The molecule has 1 amide bonds. The van der Waals surface area contributed by atoms with Gasteiger partial charge in [0.05, 0.1) is 21.9 Å². The van der Waals surface area contributed by atoms with Crippen LogP contribution in [-0.2, 0) is 4.79 Å². The Labute approximate surface area is 174 Å². The lowest BCUT2D eigenvalue weighted by atomic mass is 10.1. The zero-order valence-corrected chi connectivity index (χ0v) is 16.5. The van der Waals surface area contributed by atoms with Gasteiger partial charge in [-0.15, -0.1) is 5.10 Å². The van der Waals surface area contributed by atoms with Gasteiger partial charge in [0.25, 0.3) is 11.6 Å². The molecule has 5 rings (SSSR count). The third kappa shape index (κ3) is 2.86. The molecule has 0 radical (unpaired) electrons. The Morgan fingerprint density at radius 1 is 1.30 bits per heavy atom. The average molecular weight is 425 g/mol. The van der Waals surface area contributed by atoms with Crippen molar-refractivity contribution in [3.05, 3.63) is 62.7 Å². The molecular weight excluding hydrogens is 410 g/mol. The highest BCUT2D eigenvalue weighted by atomic mass is 32.2. The molecular formula is C19H15N5O5S. The normalized spacial score (nSPS) is 18.8. The van der Waals surface area contributed by atoms with Crippen molar-refractivity contribution in [2.45, 2.75) is 13.1 Å². The van der Waals surface area contributed by atoms with Crippen LogP contribution in [-0.4, -0.2) is 33.6 Å². The number of nitrogens with one attached hydrogen (secondary N) is 1. The number of amides is 1. The van der Waals surface area contributed by atoms with E-state index in [1.165, 1.54) is 28.9 Å². The number of ether oxygens (including phenoxy) is 2. The van der Waals surface area contributed by atoms with Crippen molar-refractivity contribution in [1.82, 2.24) is 10.3 Å². The van der Waals surface area contributed by atoms with Gasteiger partial charge in [0.2, 0.25) is 6.79 Å². The van der Waals surface area contributed by atoms with Crippen molar-refractivity contribution in [3.8, 4) is 11.5 Å². The number of nitro benzene ring substituents is 1. The fourth-order valence-corrected chi connectivity index (χ4v) is 4.13. The minimum atomic E-state index is -0.914. The maximum atomic E-state index is 13.0. The molecule has 152 valence electrons. The highest BCUT2D eigenvalue weighted by Crippen LogP contribution is 2.43. The molecule has 0 unspecified atom stereocenters. The number of para-hydroxylation sites is 1. The van der Waals surface area contributed by atoms with Crippen LogP contribution in [0, 0.1) is 10.1 Å². The van der Waals surface area contributed by atoms with Crippen LogP contribution in [0.1, 0.15) is 18.7 Å². The molecule has 0 bridgehead atoms. The number of rotatable bonds is 3. The molecule has 0 fully saturated rings. The van der Waals surface area contributed by atoms with Gasteiger partial charge >= 0.3 is 0 Å². The van der Waals surface area contributed by atoms with Crippen LogP contribution in [0.4, 0.5) is 5.69 Å². The van der Waals surface area contributed by atoms with E-state index in [-0.39, 0.29) is 29.6 Å². The summed E-state index contributed by atoms with van der Waals surface area (Å²) in [5.41, 5.74) is 0.367. The number of nitrogens with zero attached hydrogens (tertiary/aromatic N) is 4. The molecule has 1 N–H and O–H groups in total. The second kappa shape index (κ2) is 7.02. The second-order valence-corrected chi connectivity index (χ2v) is 7.78. The summed E-state index contributed by atoms with van der Waals surface area (Å²) in [6.07, 6.45) is -0.914. The molecule has 0 saturated carbocycles. The summed E-state index contributed by atoms with van der Waals surface area (Å²) in [6, 6.07) is 10.00. The maximum absolute atomic E-state index is 13.0. The standard InChI is InChI=1S/C19H15N5O5S/c1-2-30-19-21-18(25)16-10-5-3-4-6-12(10)20-17(23(16)22-19)11-7-14-15(29-9-28-14)8-13(11)24(26)27/h3-8,17H,2,9H2,1H3,(H,21,22,25)/t17-/m0/s1. The monoisotopic (exact) mass is 425 g/mol. The van der Waals surface area contributed by atoms with Gasteiger partial charge in [-0.3, -0.25) is 25.2 Å². The smallest absolute Gasteiger partial charge is 0.280 e. The van der Waals surface area contributed by atoms with Gasteiger partial charge in [-0.1, -0.05) is 36.9 Å². The van der Waals surface area contributed by atoms with Crippen LogP contribution in [0.15, 0.2) is 46.5 Å². The zero-order valence-electron chi connectivity index (χ0n) is 15.7. The van der Waals surface area contributed by atoms with Crippen molar-refractivity contribution >= 4 is 34.2 Å². The predicted molar refractivity (Wildman–Crippen MR) is 108 cm³/mol. The zero-order chi connectivity index (χ0) is 20.8. The number of benzene rings is 2. The number of hydrogen-bond acceptors (Lipinski definition) is 9. The van der Waals surface area contributed by atoms with Gasteiger partial charge in [-0.2, -0.15) is 0 Å². The second-order valence-electron chi connectivity index (χ2n) is 6.53. The SMILES string of the molecule is CCSC1=NN2C(=c3ccccc3=N[C@@H]2c2cc3c(cc2[N+](=O)[O-])OCO3)C(=O)N1. The van der Waals surface area contributed by atoms with E-state index in [2.05, 4.69) is 10.4 Å². The Morgan fingerprint density at radius 3 is 2.83 bits per heavy atom. The third-order valence-corrected chi connectivity index (χ3v) is 5.54. The number of hydrazone groups is 1. The molecule has 11 heteroatoms. The van der Waals surface area contributed by atoms with Crippen LogP contribution in [0.25, 0.3) is 5.70 Å². The Bertz CT molecular complexity index is 1240. The predicted octanol–water partition coefficient (Wildman–Crippen LogP) is 1.22. The number of nitro groups is 1. The fraction of sp³-hybridized carbons (Fsp3) is 0.211. The Hall–Kier alpha value is -3.60. The van der Waals surface area contributed by atoms with Crippen molar-refractivity contribution in [2.24, 2.45) is 10.1 Å². The van der Waals surface area contributed by atoms with Gasteiger partial charge in [0.15, 0.2) is 22.8 Å². The van der Waals surface area contributed by atoms with E-state index in [4.69, 9.17) is 14.5 Å². The molecule has 30 heavy (non-hydrogen) atoms. The summed E-state index contributed by atoms with van der Waals surface area (Å²) in [7, 11) is 0. The molecule has 1 atom stereocenters. The van der Waals surface area contributed by atoms with E-state index in [0.717, 1.165) is 0 Å². The Kier molecular flexibility index (Phi) is 4.31. The molecule has 3 aliphatic heterocycles. The quantitative estimate of drug-likeness (QED) is 0.580. The summed E-state index contributed by atoms with van der Waals surface area (Å²) in [5, 5.41) is 22.2. The van der Waals surface area contributed by atoms with Crippen molar-refractivity contribution in [1.29, 1.82) is 0 Å². The molecule has 3 heterocycles. The van der Waals surface area contributed by atoms with Gasteiger partial charge in [0.1, 0.15) is 5.70 Å². The number of amidine groups is 1. The highest BCUT2D eigenvalue weighted by Gasteiger charge is 2.38. The number of carbonyl (C=O) groups excluding carboxylic acids is 1. The molecule has 0 saturated heterocycles. The topological polar surface area (TPSA) is 119 Å². The molecule has 0 aliphatic carbocycles.